The predicted molar refractivity (Wildman–Crippen MR) is 55.9 cm³/mol. The summed E-state index contributed by atoms with van der Waals surface area (Å²) in [6, 6.07) is 0. The summed E-state index contributed by atoms with van der Waals surface area (Å²) in [5.41, 5.74) is -0.00264. The van der Waals surface area contributed by atoms with Crippen molar-refractivity contribution in [2.24, 2.45) is 5.92 Å². The molecule has 0 spiro atoms. The van der Waals surface area contributed by atoms with Crippen molar-refractivity contribution in [3.63, 3.8) is 0 Å². The van der Waals surface area contributed by atoms with E-state index in [2.05, 4.69) is 19.2 Å². The molecule has 1 saturated carbocycles. The Morgan fingerprint density at radius 2 is 1.92 bits per heavy atom. The first kappa shape index (κ1) is 11.0. The standard InChI is InChI=1S/C11H23NO/c1-11(2,9-12-3)13-8-10-6-4-5-7-10/h10,12H,4-9H2,1-3H3. The van der Waals surface area contributed by atoms with E-state index < -0.39 is 0 Å². The maximum absolute atomic E-state index is 5.89. The third kappa shape index (κ3) is 4.10. The first-order valence-electron chi connectivity index (χ1n) is 5.42. The van der Waals surface area contributed by atoms with Gasteiger partial charge in [0.1, 0.15) is 0 Å². The van der Waals surface area contributed by atoms with Gasteiger partial charge < -0.3 is 10.1 Å². The van der Waals surface area contributed by atoms with Gasteiger partial charge in [0.15, 0.2) is 0 Å². The van der Waals surface area contributed by atoms with Crippen LogP contribution in [0.1, 0.15) is 39.5 Å². The second-order valence-corrected chi connectivity index (χ2v) is 4.75. The maximum atomic E-state index is 5.89. The molecule has 0 heterocycles. The van der Waals surface area contributed by atoms with Crippen LogP contribution in [0.3, 0.4) is 0 Å². The van der Waals surface area contributed by atoms with Crippen LogP contribution in [-0.4, -0.2) is 25.8 Å². The monoisotopic (exact) mass is 185 g/mol. The molecule has 0 bridgehead atoms. The molecule has 2 heteroatoms. The van der Waals surface area contributed by atoms with E-state index in [1.807, 2.05) is 7.05 Å². The number of hydrogen-bond acceptors (Lipinski definition) is 2. The van der Waals surface area contributed by atoms with Crippen molar-refractivity contribution in [1.29, 1.82) is 0 Å². The zero-order chi connectivity index (χ0) is 9.73. The van der Waals surface area contributed by atoms with Crippen LogP contribution in [0.15, 0.2) is 0 Å². The Kier molecular flexibility index (Phi) is 4.20. The first-order chi connectivity index (χ1) is 6.14. The third-order valence-electron chi connectivity index (χ3n) is 2.79. The average molecular weight is 185 g/mol. The van der Waals surface area contributed by atoms with Gasteiger partial charge in [-0.25, -0.2) is 0 Å². The van der Waals surface area contributed by atoms with Crippen molar-refractivity contribution >= 4 is 0 Å². The van der Waals surface area contributed by atoms with Crippen molar-refractivity contribution in [2.75, 3.05) is 20.2 Å². The van der Waals surface area contributed by atoms with Crippen molar-refractivity contribution < 1.29 is 4.74 Å². The van der Waals surface area contributed by atoms with Gasteiger partial charge in [0.05, 0.1) is 12.2 Å². The van der Waals surface area contributed by atoms with Crippen molar-refractivity contribution in [1.82, 2.24) is 5.32 Å². The van der Waals surface area contributed by atoms with Gasteiger partial charge >= 0.3 is 0 Å². The smallest absolute Gasteiger partial charge is 0.0750 e. The van der Waals surface area contributed by atoms with Gasteiger partial charge in [-0.3, -0.25) is 0 Å². The Labute approximate surface area is 82.0 Å². The molecule has 13 heavy (non-hydrogen) atoms. The Balaban J connectivity index is 2.15. The SMILES string of the molecule is CNCC(C)(C)OCC1CCCC1. The molecule has 1 fully saturated rings. The largest absolute Gasteiger partial charge is 0.374 e. The number of rotatable bonds is 5. The molecule has 1 aliphatic carbocycles. The summed E-state index contributed by atoms with van der Waals surface area (Å²) >= 11 is 0. The minimum Gasteiger partial charge on any atom is -0.374 e. The molecule has 0 saturated heterocycles. The van der Waals surface area contributed by atoms with E-state index in [9.17, 15) is 0 Å². The lowest BCUT2D eigenvalue weighted by atomic mass is 10.1. The molecule has 1 rings (SSSR count). The van der Waals surface area contributed by atoms with Crippen LogP contribution in [0.5, 0.6) is 0 Å². The highest BCUT2D eigenvalue weighted by Gasteiger charge is 2.21. The molecule has 78 valence electrons. The summed E-state index contributed by atoms with van der Waals surface area (Å²) in [5.74, 6) is 0.830. The van der Waals surface area contributed by atoms with Gasteiger partial charge in [0, 0.05) is 6.54 Å². The van der Waals surface area contributed by atoms with Crippen molar-refractivity contribution in [3.8, 4) is 0 Å². The van der Waals surface area contributed by atoms with E-state index in [1.165, 1.54) is 25.7 Å². The molecular weight excluding hydrogens is 162 g/mol. The number of nitrogens with one attached hydrogen (secondary N) is 1. The summed E-state index contributed by atoms with van der Waals surface area (Å²) in [6.07, 6.45) is 5.55. The van der Waals surface area contributed by atoms with Crippen LogP contribution in [0.2, 0.25) is 0 Å². The normalized spacial score (nSPS) is 19.6. The molecule has 0 aromatic heterocycles. The molecule has 0 aromatic carbocycles. The van der Waals surface area contributed by atoms with Gasteiger partial charge in [-0.15, -0.1) is 0 Å². The summed E-state index contributed by atoms with van der Waals surface area (Å²) in [6.45, 7) is 6.19. The van der Waals surface area contributed by atoms with E-state index in [1.54, 1.807) is 0 Å². The van der Waals surface area contributed by atoms with Gasteiger partial charge in [-0.05, 0) is 39.7 Å². The lowest BCUT2D eigenvalue weighted by Crippen LogP contribution is -2.37. The quantitative estimate of drug-likeness (QED) is 0.709. The zero-order valence-corrected chi connectivity index (χ0v) is 9.23. The fraction of sp³-hybridized carbons (Fsp3) is 1.00. The third-order valence-corrected chi connectivity index (χ3v) is 2.79. The van der Waals surface area contributed by atoms with E-state index >= 15 is 0 Å². The fourth-order valence-corrected chi connectivity index (χ4v) is 2.00. The lowest BCUT2D eigenvalue weighted by molar-refractivity contribution is -0.0320. The van der Waals surface area contributed by atoms with E-state index in [-0.39, 0.29) is 5.60 Å². The Morgan fingerprint density at radius 3 is 2.46 bits per heavy atom. The van der Waals surface area contributed by atoms with E-state index in [0.717, 1.165) is 19.1 Å². The molecule has 2 nitrogen and oxygen atoms in total. The summed E-state index contributed by atoms with van der Waals surface area (Å²) in [4.78, 5) is 0. The minimum absolute atomic E-state index is 0.00264. The Morgan fingerprint density at radius 1 is 1.31 bits per heavy atom. The molecule has 0 radical (unpaired) electrons. The summed E-state index contributed by atoms with van der Waals surface area (Å²) < 4.78 is 5.89. The van der Waals surface area contributed by atoms with Crippen LogP contribution >= 0.6 is 0 Å². The van der Waals surface area contributed by atoms with Gasteiger partial charge in [-0.1, -0.05) is 12.8 Å². The number of ether oxygens (including phenoxy) is 1. The van der Waals surface area contributed by atoms with Crippen LogP contribution in [0.25, 0.3) is 0 Å². The van der Waals surface area contributed by atoms with Gasteiger partial charge in [0.2, 0.25) is 0 Å². The number of hydrogen-bond donors (Lipinski definition) is 1. The molecule has 1 N–H and O–H groups in total. The van der Waals surface area contributed by atoms with E-state index in [4.69, 9.17) is 4.74 Å². The molecule has 0 atom stereocenters. The van der Waals surface area contributed by atoms with Crippen LogP contribution in [0, 0.1) is 5.92 Å². The highest BCUT2D eigenvalue weighted by Crippen LogP contribution is 2.26. The second-order valence-electron chi connectivity index (χ2n) is 4.75. The van der Waals surface area contributed by atoms with Crippen LogP contribution in [0.4, 0.5) is 0 Å². The summed E-state index contributed by atoms with van der Waals surface area (Å²) in [5, 5.41) is 3.16. The van der Waals surface area contributed by atoms with Crippen molar-refractivity contribution in [3.05, 3.63) is 0 Å². The topological polar surface area (TPSA) is 21.3 Å². The molecule has 0 aliphatic heterocycles. The average Bonchev–Trinajstić information content (AvgIpc) is 2.52. The minimum atomic E-state index is -0.00264. The van der Waals surface area contributed by atoms with Crippen molar-refractivity contribution in [2.45, 2.75) is 45.1 Å². The zero-order valence-electron chi connectivity index (χ0n) is 9.23. The first-order valence-corrected chi connectivity index (χ1v) is 5.42. The molecule has 0 amide bonds. The maximum Gasteiger partial charge on any atom is 0.0750 e. The number of likely N-dealkylation sites (N-methyl/N-ethyl adjacent to an activating group) is 1. The summed E-state index contributed by atoms with van der Waals surface area (Å²) in [7, 11) is 1.97. The molecule has 0 aromatic rings. The molecule has 1 aliphatic rings. The molecule has 0 unspecified atom stereocenters. The highest BCUT2D eigenvalue weighted by atomic mass is 16.5. The Hall–Kier alpha value is -0.0800. The van der Waals surface area contributed by atoms with Crippen LogP contribution < -0.4 is 5.32 Å². The molecular formula is C11H23NO. The second kappa shape index (κ2) is 4.97. The van der Waals surface area contributed by atoms with Gasteiger partial charge in [0.25, 0.3) is 0 Å². The predicted octanol–water partition coefficient (Wildman–Crippen LogP) is 2.19. The lowest BCUT2D eigenvalue weighted by Gasteiger charge is -2.26. The van der Waals surface area contributed by atoms with Crippen LogP contribution in [-0.2, 0) is 4.74 Å². The fourth-order valence-electron chi connectivity index (χ4n) is 2.00. The van der Waals surface area contributed by atoms with E-state index in [0.29, 0.717) is 0 Å². The Bertz CT molecular complexity index is 139. The van der Waals surface area contributed by atoms with Gasteiger partial charge in [-0.2, -0.15) is 0 Å². The highest BCUT2D eigenvalue weighted by molar-refractivity contribution is 4.73.